The topological polar surface area (TPSA) is 126 Å². The molecule has 2 aromatic carbocycles. The number of nitrogens with two attached hydrogens (primary N) is 1. The highest BCUT2D eigenvalue weighted by atomic mass is 32.2. The van der Waals surface area contributed by atoms with Crippen LogP contribution in [0, 0.1) is 5.82 Å². The molecule has 0 spiro atoms. The van der Waals surface area contributed by atoms with Crippen molar-refractivity contribution in [2.24, 2.45) is 5.14 Å². The number of rotatable bonds is 7. The highest BCUT2D eigenvalue weighted by molar-refractivity contribution is 7.89. The van der Waals surface area contributed by atoms with Gasteiger partial charge >= 0.3 is 5.76 Å². The van der Waals surface area contributed by atoms with Gasteiger partial charge in [0.15, 0.2) is 0 Å². The maximum absolute atomic E-state index is 13.1. The van der Waals surface area contributed by atoms with Gasteiger partial charge in [0.1, 0.15) is 18.2 Å². The van der Waals surface area contributed by atoms with Gasteiger partial charge in [-0.3, -0.25) is 0 Å². The predicted octanol–water partition coefficient (Wildman–Crippen LogP) is 2.49. The Morgan fingerprint density at radius 2 is 1.90 bits per heavy atom. The van der Waals surface area contributed by atoms with Gasteiger partial charge in [-0.2, -0.15) is 4.68 Å². The molecule has 31 heavy (non-hydrogen) atoms. The zero-order valence-corrected chi connectivity index (χ0v) is 17.5. The number of aryl methyl sites for hydroxylation is 1. The Kier molecular flexibility index (Phi) is 5.46. The molecule has 2 N–H and O–H groups in total. The summed E-state index contributed by atoms with van der Waals surface area (Å²) >= 11 is 0. The minimum absolute atomic E-state index is 0.0205. The van der Waals surface area contributed by atoms with Crippen LogP contribution in [-0.2, 0) is 23.1 Å². The van der Waals surface area contributed by atoms with E-state index in [0.717, 1.165) is 23.0 Å². The van der Waals surface area contributed by atoms with Crippen LogP contribution in [-0.4, -0.2) is 27.7 Å². The van der Waals surface area contributed by atoms with Gasteiger partial charge in [0.2, 0.25) is 15.9 Å². The fourth-order valence-corrected chi connectivity index (χ4v) is 3.81. The number of sulfonamides is 1. The van der Waals surface area contributed by atoms with Crippen molar-refractivity contribution < 1.29 is 17.2 Å². The number of fused-ring (bicyclic) bond motifs is 1. The lowest BCUT2D eigenvalue weighted by molar-refractivity contribution is 0.485. The van der Waals surface area contributed by atoms with Crippen LogP contribution in [0.15, 0.2) is 56.6 Å². The molecule has 4 aromatic rings. The summed E-state index contributed by atoms with van der Waals surface area (Å²) < 4.78 is 44.8. The largest absolute Gasteiger partial charge is 0.437 e. The minimum Gasteiger partial charge on any atom is -0.388 e. The van der Waals surface area contributed by atoms with E-state index in [2.05, 4.69) is 17.0 Å². The van der Waals surface area contributed by atoms with Crippen LogP contribution in [0.25, 0.3) is 22.5 Å². The second-order valence-corrected chi connectivity index (χ2v) is 8.63. The van der Waals surface area contributed by atoms with Crippen LogP contribution in [0.4, 0.5) is 4.39 Å². The van der Waals surface area contributed by atoms with Crippen LogP contribution in [0.2, 0.25) is 0 Å². The molecular formula is C20H20FN5O4S. The molecule has 2 aromatic heterocycles. The fraction of sp³-hybridized carbons (Fsp3) is 0.250. The molecule has 0 radical (unpaired) electrons. The lowest BCUT2D eigenvalue weighted by atomic mass is 10.2. The zero-order chi connectivity index (χ0) is 22.2. The zero-order valence-electron chi connectivity index (χ0n) is 16.7. The van der Waals surface area contributed by atoms with Crippen LogP contribution < -0.4 is 10.9 Å². The molecule has 0 saturated heterocycles. The van der Waals surface area contributed by atoms with E-state index < -0.39 is 21.6 Å². The van der Waals surface area contributed by atoms with Crippen molar-refractivity contribution in [2.75, 3.05) is 0 Å². The third kappa shape index (κ3) is 4.28. The molecule has 0 amide bonds. The third-order valence-electron chi connectivity index (χ3n) is 4.85. The molecule has 0 unspecified atom stereocenters. The smallest absolute Gasteiger partial charge is 0.388 e. The maximum Gasteiger partial charge on any atom is 0.437 e. The van der Waals surface area contributed by atoms with E-state index in [9.17, 15) is 17.6 Å². The number of hydrogen-bond donors (Lipinski definition) is 1. The van der Waals surface area contributed by atoms with E-state index >= 15 is 0 Å². The first kappa shape index (κ1) is 20.9. The second-order valence-electron chi connectivity index (χ2n) is 7.07. The lowest BCUT2D eigenvalue weighted by Crippen LogP contribution is -2.19. The number of aromatic nitrogens is 4. The van der Waals surface area contributed by atoms with Crippen molar-refractivity contribution in [3.63, 3.8) is 0 Å². The van der Waals surface area contributed by atoms with Gasteiger partial charge in [-0.25, -0.2) is 27.7 Å². The Morgan fingerprint density at radius 3 is 2.58 bits per heavy atom. The van der Waals surface area contributed by atoms with E-state index in [1.807, 2.05) is 4.57 Å². The van der Waals surface area contributed by atoms with Gasteiger partial charge in [-0.1, -0.05) is 13.3 Å². The van der Waals surface area contributed by atoms with Gasteiger partial charge in [0, 0.05) is 12.1 Å². The van der Waals surface area contributed by atoms with Crippen LogP contribution in [0.5, 0.6) is 0 Å². The van der Waals surface area contributed by atoms with E-state index in [0.29, 0.717) is 23.4 Å². The van der Waals surface area contributed by atoms with Gasteiger partial charge in [0.25, 0.3) is 0 Å². The van der Waals surface area contributed by atoms with Crippen LogP contribution >= 0.6 is 0 Å². The Hall–Kier alpha value is -3.31. The number of halogens is 1. The minimum atomic E-state index is -3.87. The van der Waals surface area contributed by atoms with Crippen LogP contribution in [0.1, 0.15) is 25.6 Å². The van der Waals surface area contributed by atoms with E-state index in [1.54, 1.807) is 6.07 Å². The molecule has 11 heteroatoms. The normalized spacial score (nSPS) is 12.0. The number of imidazole rings is 1. The van der Waals surface area contributed by atoms with Crippen LogP contribution in [0.3, 0.4) is 0 Å². The molecule has 0 bridgehead atoms. The van der Waals surface area contributed by atoms with Crippen molar-refractivity contribution in [2.45, 2.75) is 37.8 Å². The molecule has 0 atom stereocenters. The molecule has 162 valence electrons. The van der Waals surface area contributed by atoms with Gasteiger partial charge < -0.3 is 8.98 Å². The number of primary sulfonamides is 1. The molecule has 0 fully saturated rings. The molecule has 2 heterocycles. The molecular weight excluding hydrogens is 425 g/mol. The Balaban J connectivity index is 1.75. The summed E-state index contributed by atoms with van der Waals surface area (Å²) in [5, 5.41) is 9.43. The summed E-state index contributed by atoms with van der Waals surface area (Å²) in [6, 6.07) is 9.93. The van der Waals surface area contributed by atoms with Crippen molar-refractivity contribution in [3.05, 3.63) is 64.7 Å². The van der Waals surface area contributed by atoms with Crippen molar-refractivity contribution in [3.8, 4) is 11.5 Å². The number of hydrogen-bond acceptors (Lipinski definition) is 6. The summed E-state index contributed by atoms with van der Waals surface area (Å²) in [5.41, 5.74) is 1.65. The standard InChI is InChI=1S/C20H20FN5O4S/c1-2-3-10-25-17-9-8-15(31(22,28)29)11-16(17)23-18(25)12-26-20(27)30-19(24-26)13-4-6-14(21)7-5-13/h4-9,11H,2-3,10,12H2,1H3,(H2,22,28,29). The highest BCUT2D eigenvalue weighted by Crippen LogP contribution is 2.22. The first-order valence-corrected chi connectivity index (χ1v) is 11.2. The summed E-state index contributed by atoms with van der Waals surface area (Å²) in [4.78, 5) is 16.8. The van der Waals surface area contributed by atoms with Crippen molar-refractivity contribution >= 4 is 21.1 Å². The SMILES string of the molecule is CCCCn1c(Cn2nc(-c3ccc(F)cc3)oc2=O)nc2cc(S(N)(=O)=O)ccc21. The number of benzene rings is 2. The van der Waals surface area contributed by atoms with Gasteiger partial charge in [0.05, 0.1) is 15.9 Å². The summed E-state index contributed by atoms with van der Waals surface area (Å²) in [6.07, 6.45) is 1.80. The summed E-state index contributed by atoms with van der Waals surface area (Å²) in [5.74, 6) is -0.499. The molecule has 9 nitrogen and oxygen atoms in total. The maximum atomic E-state index is 13.1. The predicted molar refractivity (Wildman–Crippen MR) is 111 cm³/mol. The fourth-order valence-electron chi connectivity index (χ4n) is 3.27. The Bertz CT molecular complexity index is 1400. The molecule has 0 aliphatic rings. The summed E-state index contributed by atoms with van der Waals surface area (Å²) in [7, 11) is -3.87. The first-order valence-electron chi connectivity index (χ1n) is 9.62. The molecule has 0 aliphatic carbocycles. The quantitative estimate of drug-likeness (QED) is 0.466. The van der Waals surface area contributed by atoms with Crippen molar-refractivity contribution in [1.29, 1.82) is 0 Å². The monoisotopic (exact) mass is 445 g/mol. The number of unbranched alkanes of at least 4 members (excludes halogenated alkanes) is 1. The first-order chi connectivity index (χ1) is 14.8. The molecule has 0 saturated carbocycles. The Morgan fingerprint density at radius 1 is 1.16 bits per heavy atom. The molecule has 0 aliphatic heterocycles. The van der Waals surface area contributed by atoms with Gasteiger partial charge in [-0.15, -0.1) is 5.10 Å². The van der Waals surface area contributed by atoms with E-state index in [-0.39, 0.29) is 17.3 Å². The average molecular weight is 445 g/mol. The van der Waals surface area contributed by atoms with Crippen molar-refractivity contribution in [1.82, 2.24) is 19.3 Å². The third-order valence-corrected chi connectivity index (χ3v) is 5.76. The summed E-state index contributed by atoms with van der Waals surface area (Å²) in [6.45, 7) is 2.70. The lowest BCUT2D eigenvalue weighted by Gasteiger charge is -2.08. The number of nitrogens with zero attached hydrogens (tertiary/aromatic N) is 4. The highest BCUT2D eigenvalue weighted by Gasteiger charge is 2.18. The van der Waals surface area contributed by atoms with E-state index in [4.69, 9.17) is 9.56 Å². The average Bonchev–Trinajstić information content (AvgIpc) is 3.26. The second kappa shape index (κ2) is 8.08. The van der Waals surface area contributed by atoms with E-state index in [1.165, 1.54) is 36.4 Å². The Labute approximate surface area is 177 Å². The van der Waals surface area contributed by atoms with Gasteiger partial charge in [-0.05, 0) is 48.9 Å². The molecule has 4 rings (SSSR count).